The molecule has 0 amide bonds. The molecular formula is C13H17F2N. The molecule has 1 aliphatic rings. The molecular weight excluding hydrogens is 208 g/mol. The summed E-state index contributed by atoms with van der Waals surface area (Å²) < 4.78 is 26.8. The van der Waals surface area contributed by atoms with Crippen LogP contribution in [0.2, 0.25) is 0 Å². The number of rotatable bonds is 3. The lowest BCUT2D eigenvalue weighted by Crippen LogP contribution is -2.22. The molecule has 1 N–H and O–H groups in total. The van der Waals surface area contributed by atoms with E-state index in [0.717, 1.165) is 12.5 Å². The molecule has 1 aliphatic carbocycles. The van der Waals surface area contributed by atoms with Gasteiger partial charge in [-0.1, -0.05) is 26.0 Å². The molecule has 2 rings (SSSR count). The zero-order valence-corrected chi connectivity index (χ0v) is 9.85. The van der Waals surface area contributed by atoms with Crippen molar-refractivity contribution in [1.82, 2.24) is 5.32 Å². The molecule has 3 heteroatoms. The fourth-order valence-electron chi connectivity index (χ4n) is 2.41. The SMILES string of the molecule is CNC(c1cccc(F)c1F)C1CC1(C)C. The Morgan fingerprint density at radius 3 is 2.50 bits per heavy atom. The summed E-state index contributed by atoms with van der Waals surface area (Å²) in [6.45, 7) is 4.30. The summed E-state index contributed by atoms with van der Waals surface area (Å²) in [4.78, 5) is 0. The van der Waals surface area contributed by atoms with Crippen molar-refractivity contribution in [2.75, 3.05) is 7.05 Å². The first-order valence-electron chi connectivity index (χ1n) is 5.58. The molecule has 88 valence electrons. The van der Waals surface area contributed by atoms with Crippen LogP contribution in [0.15, 0.2) is 18.2 Å². The molecule has 1 nitrogen and oxygen atoms in total. The smallest absolute Gasteiger partial charge is 0.163 e. The van der Waals surface area contributed by atoms with Crippen LogP contribution in [0.5, 0.6) is 0 Å². The van der Waals surface area contributed by atoms with Crippen molar-refractivity contribution in [3.8, 4) is 0 Å². The molecule has 1 fully saturated rings. The minimum Gasteiger partial charge on any atom is -0.313 e. The Kier molecular flexibility index (Phi) is 2.74. The van der Waals surface area contributed by atoms with Gasteiger partial charge in [0.15, 0.2) is 11.6 Å². The Hall–Kier alpha value is -0.960. The maximum atomic E-state index is 13.7. The quantitative estimate of drug-likeness (QED) is 0.832. The summed E-state index contributed by atoms with van der Waals surface area (Å²) in [6.07, 6.45) is 1.05. The van der Waals surface area contributed by atoms with E-state index in [9.17, 15) is 8.78 Å². The van der Waals surface area contributed by atoms with E-state index in [1.807, 2.05) is 0 Å². The summed E-state index contributed by atoms with van der Waals surface area (Å²) in [7, 11) is 1.80. The van der Waals surface area contributed by atoms with Crippen LogP contribution in [0.3, 0.4) is 0 Å². The predicted molar refractivity (Wildman–Crippen MR) is 60.0 cm³/mol. The van der Waals surface area contributed by atoms with Gasteiger partial charge in [-0.05, 0) is 30.9 Å². The summed E-state index contributed by atoms with van der Waals surface area (Å²) >= 11 is 0. The lowest BCUT2D eigenvalue weighted by Gasteiger charge is -2.19. The molecule has 2 unspecified atom stereocenters. The standard InChI is InChI=1S/C13H17F2N/c1-13(2)7-9(13)12(16-3)8-5-4-6-10(14)11(8)15/h4-6,9,12,16H,7H2,1-3H3. The van der Waals surface area contributed by atoms with Gasteiger partial charge in [0.1, 0.15) is 0 Å². The van der Waals surface area contributed by atoms with Crippen LogP contribution in [0.25, 0.3) is 0 Å². The Labute approximate surface area is 94.9 Å². The van der Waals surface area contributed by atoms with Crippen LogP contribution in [0.4, 0.5) is 8.78 Å². The maximum absolute atomic E-state index is 13.7. The van der Waals surface area contributed by atoms with Crippen LogP contribution in [-0.4, -0.2) is 7.05 Å². The van der Waals surface area contributed by atoms with E-state index in [0.29, 0.717) is 11.5 Å². The summed E-state index contributed by atoms with van der Waals surface area (Å²) in [5.41, 5.74) is 0.671. The first-order valence-corrected chi connectivity index (χ1v) is 5.58. The van der Waals surface area contributed by atoms with Gasteiger partial charge in [-0.25, -0.2) is 8.78 Å². The van der Waals surface area contributed by atoms with Gasteiger partial charge in [0, 0.05) is 11.6 Å². The Bertz CT molecular complexity index is 401. The third kappa shape index (κ3) is 1.84. The molecule has 0 saturated heterocycles. The minimum atomic E-state index is -0.767. The van der Waals surface area contributed by atoms with E-state index < -0.39 is 11.6 Å². The minimum absolute atomic E-state index is 0.0919. The van der Waals surface area contributed by atoms with Gasteiger partial charge in [-0.3, -0.25) is 0 Å². The summed E-state index contributed by atoms with van der Waals surface area (Å²) in [6, 6.07) is 4.29. The van der Waals surface area contributed by atoms with Crippen LogP contribution in [0, 0.1) is 23.0 Å². The average Bonchev–Trinajstić information content (AvgIpc) is 2.83. The summed E-state index contributed by atoms with van der Waals surface area (Å²) in [5, 5.41) is 3.10. The third-order valence-electron chi connectivity index (χ3n) is 3.62. The maximum Gasteiger partial charge on any atom is 0.163 e. The van der Waals surface area contributed by atoms with Gasteiger partial charge >= 0.3 is 0 Å². The molecule has 2 atom stereocenters. The normalized spacial score (nSPS) is 24.2. The summed E-state index contributed by atoms with van der Waals surface area (Å²) in [5.74, 6) is -1.10. The first-order chi connectivity index (χ1) is 7.47. The van der Waals surface area contributed by atoms with E-state index in [2.05, 4.69) is 19.2 Å². The van der Waals surface area contributed by atoms with Gasteiger partial charge in [-0.2, -0.15) is 0 Å². The fraction of sp³-hybridized carbons (Fsp3) is 0.538. The van der Waals surface area contributed by atoms with Gasteiger partial charge in [0.05, 0.1) is 0 Å². The number of benzene rings is 1. The van der Waals surface area contributed by atoms with Gasteiger partial charge < -0.3 is 5.32 Å². The van der Waals surface area contributed by atoms with Crippen molar-refractivity contribution in [3.63, 3.8) is 0 Å². The second kappa shape index (κ2) is 3.81. The first kappa shape index (κ1) is 11.5. The fourth-order valence-corrected chi connectivity index (χ4v) is 2.41. The second-order valence-electron chi connectivity index (χ2n) is 5.21. The molecule has 0 bridgehead atoms. The van der Waals surface area contributed by atoms with E-state index in [1.54, 1.807) is 19.2 Å². The molecule has 1 saturated carbocycles. The van der Waals surface area contributed by atoms with E-state index in [1.165, 1.54) is 0 Å². The number of hydrogen-bond acceptors (Lipinski definition) is 1. The molecule has 0 aromatic heterocycles. The van der Waals surface area contributed by atoms with Crippen molar-refractivity contribution in [2.24, 2.45) is 11.3 Å². The monoisotopic (exact) mass is 225 g/mol. The highest BCUT2D eigenvalue weighted by molar-refractivity contribution is 5.25. The zero-order valence-electron chi connectivity index (χ0n) is 9.85. The van der Waals surface area contributed by atoms with Crippen molar-refractivity contribution in [1.29, 1.82) is 0 Å². The van der Waals surface area contributed by atoms with Crippen molar-refractivity contribution in [2.45, 2.75) is 26.3 Å². The lowest BCUT2D eigenvalue weighted by atomic mass is 9.96. The molecule has 0 spiro atoms. The Morgan fingerprint density at radius 2 is 2.00 bits per heavy atom. The average molecular weight is 225 g/mol. The second-order valence-corrected chi connectivity index (χ2v) is 5.21. The predicted octanol–water partition coefficient (Wildman–Crippen LogP) is 3.27. The lowest BCUT2D eigenvalue weighted by molar-refractivity contribution is 0.413. The van der Waals surface area contributed by atoms with E-state index in [-0.39, 0.29) is 11.5 Å². The number of nitrogens with one attached hydrogen (secondary N) is 1. The van der Waals surface area contributed by atoms with Crippen molar-refractivity contribution in [3.05, 3.63) is 35.4 Å². The Morgan fingerprint density at radius 1 is 1.38 bits per heavy atom. The van der Waals surface area contributed by atoms with Gasteiger partial charge in [0.2, 0.25) is 0 Å². The van der Waals surface area contributed by atoms with E-state index in [4.69, 9.17) is 0 Å². The highest BCUT2D eigenvalue weighted by atomic mass is 19.2. The molecule has 16 heavy (non-hydrogen) atoms. The molecule has 0 heterocycles. The zero-order chi connectivity index (χ0) is 11.9. The van der Waals surface area contributed by atoms with Crippen LogP contribution < -0.4 is 5.32 Å². The largest absolute Gasteiger partial charge is 0.313 e. The number of halogens is 2. The topological polar surface area (TPSA) is 12.0 Å². The molecule has 0 radical (unpaired) electrons. The van der Waals surface area contributed by atoms with Crippen molar-refractivity contribution >= 4 is 0 Å². The third-order valence-corrected chi connectivity index (χ3v) is 3.62. The number of hydrogen-bond donors (Lipinski definition) is 1. The Balaban J connectivity index is 2.31. The van der Waals surface area contributed by atoms with Gasteiger partial charge in [-0.15, -0.1) is 0 Å². The van der Waals surface area contributed by atoms with Gasteiger partial charge in [0.25, 0.3) is 0 Å². The highest BCUT2D eigenvalue weighted by Gasteiger charge is 2.50. The highest BCUT2D eigenvalue weighted by Crippen LogP contribution is 2.57. The van der Waals surface area contributed by atoms with Crippen LogP contribution in [-0.2, 0) is 0 Å². The van der Waals surface area contributed by atoms with Crippen molar-refractivity contribution < 1.29 is 8.78 Å². The van der Waals surface area contributed by atoms with Crippen LogP contribution in [0.1, 0.15) is 31.9 Å². The molecule has 1 aromatic rings. The molecule has 1 aromatic carbocycles. The van der Waals surface area contributed by atoms with E-state index >= 15 is 0 Å². The molecule has 0 aliphatic heterocycles. The van der Waals surface area contributed by atoms with Crippen LogP contribution >= 0.6 is 0 Å².